The maximum Gasteiger partial charge on any atom is 0.153 e. The summed E-state index contributed by atoms with van der Waals surface area (Å²) >= 11 is 0. The predicted molar refractivity (Wildman–Crippen MR) is 201 cm³/mol. The van der Waals surface area contributed by atoms with Crippen LogP contribution >= 0.6 is 0 Å². The molecule has 0 aliphatic carbocycles. The van der Waals surface area contributed by atoms with Gasteiger partial charge in [0.15, 0.2) is 5.58 Å². The van der Waals surface area contributed by atoms with E-state index in [0.29, 0.717) is 0 Å². The van der Waals surface area contributed by atoms with Gasteiger partial charge in [0.1, 0.15) is 22.3 Å². The Hall–Kier alpha value is -6.99. The van der Waals surface area contributed by atoms with Gasteiger partial charge >= 0.3 is 0 Å². The van der Waals surface area contributed by atoms with E-state index in [9.17, 15) is 0 Å². The molecule has 0 saturated carbocycles. The van der Waals surface area contributed by atoms with Crippen LogP contribution in [-0.4, -0.2) is 24.5 Å². The third kappa shape index (κ3) is 4.64. The summed E-state index contributed by atoms with van der Waals surface area (Å²) < 4.78 is 8.47. The molecule has 236 valence electrons. The highest BCUT2D eigenvalue weighted by Crippen LogP contribution is 2.40. The summed E-state index contributed by atoms with van der Waals surface area (Å²) in [5, 5.41) is 11.8. The number of fused-ring (bicyclic) bond motifs is 5. The van der Waals surface area contributed by atoms with Crippen molar-refractivity contribution in [1.82, 2.24) is 24.5 Å². The van der Waals surface area contributed by atoms with Crippen molar-refractivity contribution in [2.24, 2.45) is 0 Å². The van der Waals surface area contributed by atoms with Crippen LogP contribution in [0.25, 0.3) is 66.6 Å². The van der Waals surface area contributed by atoms with Crippen molar-refractivity contribution in [3.05, 3.63) is 170 Å². The van der Waals surface area contributed by atoms with E-state index in [2.05, 4.69) is 136 Å². The first-order valence-corrected chi connectivity index (χ1v) is 16.5. The molecule has 0 radical (unpaired) electrons. The molecule has 0 N–H and O–H groups in total. The van der Waals surface area contributed by atoms with Crippen molar-refractivity contribution >= 4 is 61.0 Å². The molecular formula is C43H28N6O. The average molecular weight is 645 g/mol. The van der Waals surface area contributed by atoms with Crippen LogP contribution in [0.4, 0.5) is 17.1 Å². The van der Waals surface area contributed by atoms with Gasteiger partial charge in [0.05, 0.1) is 16.7 Å². The first-order valence-electron chi connectivity index (χ1n) is 16.5. The average Bonchev–Trinajstić information content (AvgIpc) is 3.90. The number of benzene rings is 6. The summed E-state index contributed by atoms with van der Waals surface area (Å²) in [5.41, 5.74) is 11.8. The van der Waals surface area contributed by atoms with Crippen LogP contribution in [-0.2, 0) is 0 Å². The molecule has 0 saturated heterocycles. The fourth-order valence-electron chi connectivity index (χ4n) is 6.90. The number of hydrogen-bond acceptors (Lipinski definition) is 5. The Morgan fingerprint density at radius 3 is 1.90 bits per heavy atom. The second-order valence-corrected chi connectivity index (χ2v) is 12.3. The van der Waals surface area contributed by atoms with Gasteiger partial charge in [0, 0.05) is 51.3 Å². The lowest BCUT2D eigenvalue weighted by Gasteiger charge is -2.26. The van der Waals surface area contributed by atoms with Crippen molar-refractivity contribution in [3.8, 4) is 22.7 Å². The van der Waals surface area contributed by atoms with Crippen molar-refractivity contribution in [2.45, 2.75) is 0 Å². The molecule has 0 aliphatic rings. The number of pyridine rings is 1. The van der Waals surface area contributed by atoms with E-state index < -0.39 is 0 Å². The first-order chi connectivity index (χ1) is 24.8. The number of anilines is 3. The number of aromatic nitrogens is 5. The van der Waals surface area contributed by atoms with E-state index in [1.165, 1.54) is 16.3 Å². The Labute approximate surface area is 286 Å². The lowest BCUT2D eigenvalue weighted by atomic mass is 10.1. The second-order valence-electron chi connectivity index (χ2n) is 12.3. The standard InChI is InChI=1S/C43H28N6O/c1-2-9-30(10-3-1)48-40-14-7-4-11-35(40)36-27-34(24-25-41(36)48)47(31-18-16-29(17-19-31)43-28-39-42(50-43)15-8-26-44-39)32-20-22-33(23-21-32)49-45-37-12-5-6-13-38(37)46-49/h1-28H. The Morgan fingerprint density at radius 2 is 1.14 bits per heavy atom. The van der Waals surface area contributed by atoms with Crippen LogP contribution in [0.3, 0.4) is 0 Å². The summed E-state index contributed by atoms with van der Waals surface area (Å²) in [4.78, 5) is 8.43. The van der Waals surface area contributed by atoms with Crippen LogP contribution in [0.15, 0.2) is 174 Å². The van der Waals surface area contributed by atoms with Gasteiger partial charge in [-0.05, 0) is 109 Å². The number of nitrogens with zero attached hydrogens (tertiary/aromatic N) is 6. The van der Waals surface area contributed by atoms with Gasteiger partial charge in [0.25, 0.3) is 0 Å². The molecule has 0 aliphatic heterocycles. The van der Waals surface area contributed by atoms with E-state index >= 15 is 0 Å². The van der Waals surface area contributed by atoms with Gasteiger partial charge in [-0.1, -0.05) is 48.5 Å². The summed E-state index contributed by atoms with van der Waals surface area (Å²) in [5.74, 6) is 0.787. The van der Waals surface area contributed by atoms with Crippen molar-refractivity contribution < 1.29 is 4.42 Å². The highest BCUT2D eigenvalue weighted by molar-refractivity contribution is 6.10. The number of para-hydroxylation sites is 2. The van der Waals surface area contributed by atoms with Crippen LogP contribution in [0.2, 0.25) is 0 Å². The molecule has 50 heavy (non-hydrogen) atoms. The molecule has 4 aromatic heterocycles. The zero-order valence-electron chi connectivity index (χ0n) is 26.8. The zero-order chi connectivity index (χ0) is 33.0. The van der Waals surface area contributed by atoms with Gasteiger partial charge in [0.2, 0.25) is 0 Å². The molecule has 4 heterocycles. The summed E-state index contributed by atoms with van der Waals surface area (Å²) in [6.07, 6.45) is 1.78. The Balaban J connectivity index is 1.11. The van der Waals surface area contributed by atoms with E-state index in [1.54, 1.807) is 11.0 Å². The zero-order valence-corrected chi connectivity index (χ0v) is 26.8. The Bertz CT molecular complexity index is 2630. The fourth-order valence-corrected chi connectivity index (χ4v) is 6.90. The van der Waals surface area contributed by atoms with E-state index in [4.69, 9.17) is 14.6 Å². The highest BCUT2D eigenvalue weighted by atomic mass is 16.3. The summed E-state index contributed by atoms with van der Waals surface area (Å²) in [6, 6.07) is 56.5. The third-order valence-corrected chi connectivity index (χ3v) is 9.25. The van der Waals surface area contributed by atoms with E-state index in [0.717, 1.165) is 67.4 Å². The molecule has 0 atom stereocenters. The van der Waals surface area contributed by atoms with Crippen LogP contribution in [0.5, 0.6) is 0 Å². The van der Waals surface area contributed by atoms with Gasteiger partial charge in [-0.15, -0.1) is 10.2 Å². The molecule has 0 bridgehead atoms. The molecule has 7 nitrogen and oxygen atoms in total. The first kappa shape index (κ1) is 28.1. The third-order valence-electron chi connectivity index (χ3n) is 9.25. The number of furan rings is 1. The smallest absolute Gasteiger partial charge is 0.153 e. The van der Waals surface area contributed by atoms with Crippen LogP contribution in [0.1, 0.15) is 0 Å². The van der Waals surface area contributed by atoms with Gasteiger partial charge < -0.3 is 13.9 Å². The highest BCUT2D eigenvalue weighted by Gasteiger charge is 2.18. The molecule has 10 aromatic rings. The van der Waals surface area contributed by atoms with Crippen molar-refractivity contribution in [1.29, 1.82) is 0 Å². The van der Waals surface area contributed by atoms with Crippen molar-refractivity contribution in [2.75, 3.05) is 4.90 Å². The lowest BCUT2D eigenvalue weighted by molar-refractivity contribution is 0.631. The monoisotopic (exact) mass is 644 g/mol. The second kappa shape index (κ2) is 11.3. The minimum absolute atomic E-state index is 0.774. The SMILES string of the molecule is c1ccc(-n2c3ccccc3c3cc(N(c4ccc(-c5cc6ncccc6o5)cc4)c4ccc(-n5nc6ccccc6n5)cc4)ccc32)cc1. The number of hydrogen-bond donors (Lipinski definition) is 0. The summed E-state index contributed by atoms with van der Waals surface area (Å²) in [7, 11) is 0. The Kier molecular flexibility index (Phi) is 6.35. The maximum absolute atomic E-state index is 6.14. The molecule has 0 spiro atoms. The largest absolute Gasteiger partial charge is 0.454 e. The molecule has 0 unspecified atom stereocenters. The minimum atomic E-state index is 0.774. The van der Waals surface area contributed by atoms with Gasteiger partial charge in [-0.3, -0.25) is 4.98 Å². The lowest BCUT2D eigenvalue weighted by Crippen LogP contribution is -2.10. The molecule has 0 amide bonds. The van der Waals surface area contributed by atoms with E-state index in [-0.39, 0.29) is 0 Å². The Morgan fingerprint density at radius 1 is 0.480 bits per heavy atom. The van der Waals surface area contributed by atoms with Crippen LogP contribution < -0.4 is 4.90 Å². The van der Waals surface area contributed by atoms with E-state index in [1.807, 2.05) is 42.5 Å². The molecule has 10 rings (SSSR count). The maximum atomic E-state index is 6.14. The predicted octanol–water partition coefficient (Wildman–Crippen LogP) is 10.8. The minimum Gasteiger partial charge on any atom is -0.454 e. The molecule has 6 aromatic carbocycles. The molecular weight excluding hydrogens is 617 g/mol. The normalized spacial score (nSPS) is 11.6. The summed E-state index contributed by atoms with van der Waals surface area (Å²) in [6.45, 7) is 0. The van der Waals surface area contributed by atoms with Crippen LogP contribution in [0, 0.1) is 0 Å². The molecule has 7 heteroatoms. The topological polar surface area (TPSA) is 64.9 Å². The van der Waals surface area contributed by atoms with Crippen molar-refractivity contribution in [3.63, 3.8) is 0 Å². The quantitative estimate of drug-likeness (QED) is 0.180. The van der Waals surface area contributed by atoms with Gasteiger partial charge in [-0.2, -0.15) is 4.80 Å². The molecule has 0 fully saturated rings. The fraction of sp³-hybridized carbons (Fsp3) is 0. The number of rotatable bonds is 6. The van der Waals surface area contributed by atoms with Gasteiger partial charge in [-0.25, -0.2) is 0 Å².